The Morgan fingerprint density at radius 3 is 1.59 bits per heavy atom. The van der Waals surface area contributed by atoms with E-state index in [2.05, 4.69) is 10.6 Å². The summed E-state index contributed by atoms with van der Waals surface area (Å²) >= 11 is 5.82. The van der Waals surface area contributed by atoms with Crippen molar-refractivity contribution < 1.29 is 9.59 Å². The number of benzene rings is 2. The molecule has 4 nitrogen and oxygen atoms in total. The molecule has 0 bridgehead atoms. The summed E-state index contributed by atoms with van der Waals surface area (Å²) in [6, 6.07) is 16.6. The van der Waals surface area contributed by atoms with E-state index in [1.807, 2.05) is 30.3 Å². The molecule has 0 aliphatic rings. The minimum absolute atomic E-state index is 0.0369. The quantitative estimate of drug-likeness (QED) is 0.462. The van der Waals surface area contributed by atoms with E-state index in [-0.39, 0.29) is 11.8 Å². The Kier molecular flexibility index (Phi) is 9.42. The summed E-state index contributed by atoms with van der Waals surface area (Å²) < 4.78 is 0. The van der Waals surface area contributed by atoms with Crippen LogP contribution in [0.2, 0.25) is 5.02 Å². The number of anilines is 2. The maximum atomic E-state index is 11.9. The molecule has 0 unspecified atom stereocenters. The first-order valence-corrected chi connectivity index (χ1v) is 9.91. The molecule has 0 saturated carbocycles. The van der Waals surface area contributed by atoms with Crippen molar-refractivity contribution in [3.63, 3.8) is 0 Å². The zero-order valence-electron chi connectivity index (χ0n) is 15.5. The highest BCUT2D eigenvalue weighted by molar-refractivity contribution is 6.30. The van der Waals surface area contributed by atoms with Crippen LogP contribution in [0, 0.1) is 0 Å². The van der Waals surface area contributed by atoms with Crippen LogP contribution in [-0.4, -0.2) is 11.8 Å². The van der Waals surface area contributed by atoms with Crippen LogP contribution in [0.15, 0.2) is 54.6 Å². The van der Waals surface area contributed by atoms with E-state index < -0.39 is 0 Å². The Morgan fingerprint density at radius 2 is 1.07 bits per heavy atom. The van der Waals surface area contributed by atoms with Crippen LogP contribution in [0.25, 0.3) is 0 Å². The standard InChI is InChI=1S/C22H27ClN2O2/c23-18-14-16-20(17-15-18)25-22(27)13-9-4-2-1-3-8-12-21(26)24-19-10-6-5-7-11-19/h5-7,10-11,14-17H,1-4,8-9,12-13H2,(H,24,26)(H,25,27). The molecule has 0 heterocycles. The van der Waals surface area contributed by atoms with Crippen LogP contribution in [0.3, 0.4) is 0 Å². The number of hydrogen-bond donors (Lipinski definition) is 2. The van der Waals surface area contributed by atoms with E-state index in [9.17, 15) is 9.59 Å². The van der Waals surface area contributed by atoms with Gasteiger partial charge in [0.25, 0.3) is 0 Å². The number of para-hydroxylation sites is 1. The number of unbranched alkanes of at least 4 members (excludes halogenated alkanes) is 5. The van der Waals surface area contributed by atoms with E-state index in [4.69, 9.17) is 11.6 Å². The molecule has 2 rings (SSSR count). The molecule has 2 aromatic rings. The molecule has 0 aromatic heterocycles. The molecule has 27 heavy (non-hydrogen) atoms. The summed E-state index contributed by atoms with van der Waals surface area (Å²) in [4.78, 5) is 23.7. The van der Waals surface area contributed by atoms with Crippen molar-refractivity contribution >= 4 is 34.8 Å². The first-order valence-electron chi connectivity index (χ1n) is 9.54. The van der Waals surface area contributed by atoms with Crippen LogP contribution in [0.5, 0.6) is 0 Å². The van der Waals surface area contributed by atoms with Crippen LogP contribution in [0.4, 0.5) is 11.4 Å². The minimum Gasteiger partial charge on any atom is -0.326 e. The highest BCUT2D eigenvalue weighted by Gasteiger charge is 2.03. The molecule has 2 aromatic carbocycles. The summed E-state index contributed by atoms with van der Waals surface area (Å²) in [5.74, 6) is 0.106. The molecule has 0 fully saturated rings. The molecular weight excluding hydrogens is 360 g/mol. The average molecular weight is 387 g/mol. The highest BCUT2D eigenvalue weighted by atomic mass is 35.5. The molecule has 0 aliphatic heterocycles. The van der Waals surface area contributed by atoms with Gasteiger partial charge in [-0.05, 0) is 49.2 Å². The molecule has 144 valence electrons. The molecule has 5 heteroatoms. The van der Waals surface area contributed by atoms with Gasteiger partial charge in [-0.25, -0.2) is 0 Å². The maximum absolute atomic E-state index is 11.9. The third kappa shape index (κ3) is 9.25. The van der Waals surface area contributed by atoms with Gasteiger partial charge in [-0.3, -0.25) is 9.59 Å². The lowest BCUT2D eigenvalue weighted by molar-refractivity contribution is -0.117. The number of nitrogens with one attached hydrogen (secondary N) is 2. The van der Waals surface area contributed by atoms with Gasteiger partial charge in [-0.1, -0.05) is 55.5 Å². The van der Waals surface area contributed by atoms with E-state index in [0.717, 1.165) is 49.9 Å². The summed E-state index contributed by atoms with van der Waals surface area (Å²) in [5.41, 5.74) is 1.62. The molecule has 0 atom stereocenters. The first kappa shape index (κ1) is 21.0. The molecular formula is C22H27ClN2O2. The third-order valence-corrected chi connectivity index (χ3v) is 4.50. The van der Waals surface area contributed by atoms with E-state index >= 15 is 0 Å². The lowest BCUT2D eigenvalue weighted by Gasteiger charge is -2.06. The smallest absolute Gasteiger partial charge is 0.224 e. The summed E-state index contributed by atoms with van der Waals surface area (Å²) in [7, 11) is 0. The Bertz CT molecular complexity index is 702. The van der Waals surface area contributed by atoms with Gasteiger partial charge in [0.05, 0.1) is 0 Å². The normalized spacial score (nSPS) is 10.4. The van der Waals surface area contributed by atoms with Gasteiger partial charge in [0.15, 0.2) is 0 Å². The van der Waals surface area contributed by atoms with Gasteiger partial charge in [0, 0.05) is 29.2 Å². The number of carbonyl (C=O) groups is 2. The number of hydrogen-bond acceptors (Lipinski definition) is 2. The Labute approximate surface area is 166 Å². The van der Waals surface area contributed by atoms with Crippen LogP contribution >= 0.6 is 11.6 Å². The van der Waals surface area contributed by atoms with Crippen LogP contribution in [0.1, 0.15) is 51.4 Å². The second kappa shape index (κ2) is 12.1. The van der Waals surface area contributed by atoms with E-state index in [0.29, 0.717) is 17.9 Å². The minimum atomic E-state index is 0.0369. The summed E-state index contributed by atoms with van der Waals surface area (Å²) in [6.45, 7) is 0. The van der Waals surface area contributed by atoms with Crippen molar-refractivity contribution in [2.45, 2.75) is 51.4 Å². The molecule has 0 saturated heterocycles. The van der Waals surface area contributed by atoms with Crippen molar-refractivity contribution in [3.8, 4) is 0 Å². The van der Waals surface area contributed by atoms with Crippen LogP contribution in [-0.2, 0) is 9.59 Å². The predicted molar refractivity (Wildman–Crippen MR) is 112 cm³/mol. The molecule has 0 aliphatic carbocycles. The highest BCUT2D eigenvalue weighted by Crippen LogP contribution is 2.15. The number of amides is 2. The second-order valence-electron chi connectivity index (χ2n) is 6.59. The maximum Gasteiger partial charge on any atom is 0.224 e. The molecule has 2 amide bonds. The molecule has 0 spiro atoms. The zero-order valence-corrected chi connectivity index (χ0v) is 16.3. The summed E-state index contributed by atoms with van der Waals surface area (Å²) in [5, 5.41) is 6.43. The van der Waals surface area contributed by atoms with Crippen molar-refractivity contribution in [3.05, 3.63) is 59.6 Å². The molecule has 0 radical (unpaired) electrons. The SMILES string of the molecule is O=C(CCCCCCCCC(=O)Nc1ccc(Cl)cc1)Nc1ccccc1. The van der Waals surface area contributed by atoms with Gasteiger partial charge in [-0.15, -0.1) is 0 Å². The van der Waals surface area contributed by atoms with Gasteiger partial charge in [0.2, 0.25) is 11.8 Å². The lowest BCUT2D eigenvalue weighted by atomic mass is 10.1. The zero-order chi connectivity index (χ0) is 19.3. The fourth-order valence-corrected chi connectivity index (χ4v) is 2.91. The fourth-order valence-electron chi connectivity index (χ4n) is 2.78. The van der Waals surface area contributed by atoms with Gasteiger partial charge in [-0.2, -0.15) is 0 Å². The van der Waals surface area contributed by atoms with E-state index in [1.165, 1.54) is 0 Å². The topological polar surface area (TPSA) is 58.2 Å². The van der Waals surface area contributed by atoms with Crippen molar-refractivity contribution in [1.29, 1.82) is 0 Å². The van der Waals surface area contributed by atoms with Crippen molar-refractivity contribution in [2.75, 3.05) is 10.6 Å². The first-order chi connectivity index (χ1) is 13.1. The lowest BCUT2D eigenvalue weighted by Crippen LogP contribution is -2.11. The monoisotopic (exact) mass is 386 g/mol. The number of carbonyl (C=O) groups excluding carboxylic acids is 2. The largest absolute Gasteiger partial charge is 0.326 e. The Morgan fingerprint density at radius 1 is 0.630 bits per heavy atom. The third-order valence-electron chi connectivity index (χ3n) is 4.24. The molecule has 2 N–H and O–H groups in total. The number of rotatable bonds is 11. The summed E-state index contributed by atoms with van der Waals surface area (Å²) in [6.07, 6.45) is 7.12. The Balaban J connectivity index is 1.44. The van der Waals surface area contributed by atoms with Gasteiger partial charge in [0.1, 0.15) is 0 Å². The predicted octanol–water partition coefficient (Wildman–Crippen LogP) is 6.04. The average Bonchev–Trinajstić information content (AvgIpc) is 2.66. The fraction of sp³-hybridized carbons (Fsp3) is 0.364. The number of halogens is 1. The Hall–Kier alpha value is -2.33. The second-order valence-corrected chi connectivity index (χ2v) is 7.03. The van der Waals surface area contributed by atoms with Crippen molar-refractivity contribution in [1.82, 2.24) is 0 Å². The van der Waals surface area contributed by atoms with Crippen molar-refractivity contribution in [2.24, 2.45) is 0 Å². The van der Waals surface area contributed by atoms with Crippen LogP contribution < -0.4 is 10.6 Å². The van der Waals surface area contributed by atoms with Gasteiger partial charge >= 0.3 is 0 Å². The van der Waals surface area contributed by atoms with Gasteiger partial charge < -0.3 is 10.6 Å². The van der Waals surface area contributed by atoms with E-state index in [1.54, 1.807) is 24.3 Å².